The summed E-state index contributed by atoms with van der Waals surface area (Å²) in [5.74, 6) is 1.18. The van der Waals surface area contributed by atoms with E-state index >= 15 is 0 Å². The van der Waals surface area contributed by atoms with Gasteiger partial charge in [-0.2, -0.15) is 0 Å². The molecular formula is C20H33IN4O. The van der Waals surface area contributed by atoms with E-state index in [9.17, 15) is 4.79 Å². The van der Waals surface area contributed by atoms with Crippen molar-refractivity contribution in [2.75, 3.05) is 20.1 Å². The fraction of sp³-hybridized carbons (Fsp3) is 0.600. The van der Waals surface area contributed by atoms with E-state index in [1.165, 1.54) is 36.0 Å². The molecule has 0 aliphatic heterocycles. The highest BCUT2D eigenvalue weighted by atomic mass is 127. The largest absolute Gasteiger partial charge is 0.355 e. The molecule has 1 aromatic rings. The standard InChI is InChI=1S/C20H32N4O.HI/c1-15-9-10-18(16(2)13-15)14-24-20(21-3)23-12-11-22-19(25)17-7-5-4-6-8-17;/h9-10,13,17H,4-8,11-12,14H2,1-3H3,(H,22,25)(H2,21,23,24);1H. The third-order valence-corrected chi connectivity index (χ3v) is 4.86. The van der Waals surface area contributed by atoms with Crippen LogP contribution in [0.25, 0.3) is 0 Å². The first-order chi connectivity index (χ1) is 12.1. The summed E-state index contributed by atoms with van der Waals surface area (Å²) >= 11 is 0. The molecule has 0 aromatic heterocycles. The minimum Gasteiger partial charge on any atom is -0.355 e. The number of carbonyl (C=O) groups excluding carboxylic acids is 1. The van der Waals surface area contributed by atoms with Gasteiger partial charge >= 0.3 is 0 Å². The fourth-order valence-corrected chi connectivity index (χ4v) is 3.32. The topological polar surface area (TPSA) is 65.5 Å². The first-order valence-corrected chi connectivity index (χ1v) is 9.38. The van der Waals surface area contributed by atoms with Gasteiger partial charge in [0.1, 0.15) is 0 Å². The molecule has 1 aliphatic rings. The van der Waals surface area contributed by atoms with Crippen LogP contribution in [-0.4, -0.2) is 32.0 Å². The minimum atomic E-state index is 0. The van der Waals surface area contributed by atoms with Gasteiger partial charge in [0.15, 0.2) is 5.96 Å². The van der Waals surface area contributed by atoms with Gasteiger partial charge in [-0.3, -0.25) is 9.79 Å². The Morgan fingerprint density at radius 3 is 2.42 bits per heavy atom. The summed E-state index contributed by atoms with van der Waals surface area (Å²) in [4.78, 5) is 16.3. The predicted octanol–water partition coefficient (Wildman–Crippen LogP) is 3.28. The number of nitrogens with one attached hydrogen (secondary N) is 3. The summed E-state index contributed by atoms with van der Waals surface area (Å²) < 4.78 is 0. The lowest BCUT2D eigenvalue weighted by Crippen LogP contribution is -2.42. The molecule has 0 spiro atoms. The van der Waals surface area contributed by atoms with Crippen molar-refractivity contribution < 1.29 is 4.79 Å². The van der Waals surface area contributed by atoms with E-state index in [2.05, 4.69) is 53.0 Å². The maximum absolute atomic E-state index is 12.1. The third-order valence-electron chi connectivity index (χ3n) is 4.86. The third kappa shape index (κ3) is 7.51. The van der Waals surface area contributed by atoms with E-state index in [1.54, 1.807) is 7.05 Å². The van der Waals surface area contributed by atoms with Crippen LogP contribution in [0.3, 0.4) is 0 Å². The molecule has 6 heteroatoms. The van der Waals surface area contributed by atoms with Crippen molar-refractivity contribution in [1.82, 2.24) is 16.0 Å². The molecule has 1 saturated carbocycles. The molecule has 1 fully saturated rings. The highest BCUT2D eigenvalue weighted by Gasteiger charge is 2.20. The second-order valence-corrected chi connectivity index (χ2v) is 6.91. The first kappa shape index (κ1) is 22.7. The number of hydrogen-bond acceptors (Lipinski definition) is 2. The zero-order valence-corrected chi connectivity index (χ0v) is 18.6. The van der Waals surface area contributed by atoms with Crippen LogP contribution in [0.15, 0.2) is 23.2 Å². The normalized spacial score (nSPS) is 15.1. The molecule has 0 unspecified atom stereocenters. The van der Waals surface area contributed by atoms with Gasteiger partial charge in [0.05, 0.1) is 0 Å². The average molecular weight is 472 g/mol. The molecule has 5 nitrogen and oxygen atoms in total. The Balaban J connectivity index is 0.00000338. The Hall–Kier alpha value is -1.31. The van der Waals surface area contributed by atoms with E-state index in [0.29, 0.717) is 13.1 Å². The Labute approximate surface area is 174 Å². The summed E-state index contributed by atoms with van der Waals surface area (Å²) in [5.41, 5.74) is 3.82. The molecule has 0 bridgehead atoms. The van der Waals surface area contributed by atoms with E-state index in [-0.39, 0.29) is 35.8 Å². The number of aliphatic imine (C=N–C) groups is 1. The van der Waals surface area contributed by atoms with Crippen molar-refractivity contribution in [3.8, 4) is 0 Å². The van der Waals surface area contributed by atoms with Gasteiger partial charge in [0, 0.05) is 32.6 Å². The van der Waals surface area contributed by atoms with Gasteiger partial charge in [-0.25, -0.2) is 0 Å². The summed E-state index contributed by atoms with van der Waals surface area (Å²) in [6.07, 6.45) is 5.72. The zero-order chi connectivity index (χ0) is 18.1. The number of hydrogen-bond donors (Lipinski definition) is 3. The van der Waals surface area contributed by atoms with Crippen molar-refractivity contribution in [3.63, 3.8) is 0 Å². The predicted molar refractivity (Wildman–Crippen MR) is 119 cm³/mol. The quantitative estimate of drug-likeness (QED) is 0.258. The maximum Gasteiger partial charge on any atom is 0.223 e. The molecule has 1 amide bonds. The number of rotatable bonds is 6. The highest BCUT2D eigenvalue weighted by Crippen LogP contribution is 2.23. The summed E-state index contributed by atoms with van der Waals surface area (Å²) in [6, 6.07) is 6.46. The molecule has 26 heavy (non-hydrogen) atoms. The van der Waals surface area contributed by atoms with Crippen molar-refractivity contribution in [1.29, 1.82) is 0 Å². The smallest absolute Gasteiger partial charge is 0.223 e. The second-order valence-electron chi connectivity index (χ2n) is 6.91. The van der Waals surface area contributed by atoms with Crippen LogP contribution < -0.4 is 16.0 Å². The number of guanidine groups is 1. The SMILES string of the molecule is CN=C(NCCNC(=O)C1CCCCC1)NCc1ccc(C)cc1C.I. The second kappa shape index (κ2) is 12.1. The van der Waals surface area contributed by atoms with Crippen molar-refractivity contribution in [2.45, 2.75) is 52.5 Å². The molecule has 2 rings (SSSR count). The minimum absolute atomic E-state index is 0. The average Bonchev–Trinajstić information content (AvgIpc) is 2.63. The van der Waals surface area contributed by atoms with E-state index in [4.69, 9.17) is 0 Å². The summed E-state index contributed by atoms with van der Waals surface area (Å²) in [6.45, 7) is 6.26. The number of benzene rings is 1. The van der Waals surface area contributed by atoms with Crippen LogP contribution in [0.1, 0.15) is 48.8 Å². The van der Waals surface area contributed by atoms with E-state index in [0.717, 1.165) is 25.3 Å². The van der Waals surface area contributed by atoms with Gasteiger partial charge in [-0.1, -0.05) is 43.0 Å². The molecule has 146 valence electrons. The number of amides is 1. The molecule has 0 atom stereocenters. The molecule has 0 heterocycles. The molecule has 1 aliphatic carbocycles. The van der Waals surface area contributed by atoms with Gasteiger partial charge in [-0.05, 0) is 37.8 Å². The maximum atomic E-state index is 12.1. The Morgan fingerprint density at radius 1 is 1.08 bits per heavy atom. The van der Waals surface area contributed by atoms with Crippen molar-refractivity contribution in [3.05, 3.63) is 34.9 Å². The number of carbonyl (C=O) groups is 1. The molecule has 0 saturated heterocycles. The van der Waals surface area contributed by atoms with Crippen LogP contribution >= 0.6 is 24.0 Å². The van der Waals surface area contributed by atoms with Gasteiger partial charge in [-0.15, -0.1) is 24.0 Å². The number of halogens is 1. The number of aryl methyl sites for hydroxylation is 2. The van der Waals surface area contributed by atoms with Crippen LogP contribution in [0, 0.1) is 19.8 Å². The summed E-state index contributed by atoms with van der Waals surface area (Å²) in [5, 5.41) is 9.61. The molecule has 3 N–H and O–H groups in total. The fourth-order valence-electron chi connectivity index (χ4n) is 3.32. The monoisotopic (exact) mass is 472 g/mol. The van der Waals surface area contributed by atoms with Crippen LogP contribution in [0.5, 0.6) is 0 Å². The van der Waals surface area contributed by atoms with Crippen molar-refractivity contribution in [2.24, 2.45) is 10.9 Å². The highest BCUT2D eigenvalue weighted by molar-refractivity contribution is 14.0. The van der Waals surface area contributed by atoms with Crippen molar-refractivity contribution >= 4 is 35.8 Å². The van der Waals surface area contributed by atoms with Crippen LogP contribution in [-0.2, 0) is 11.3 Å². The lowest BCUT2D eigenvalue weighted by Gasteiger charge is -2.21. The van der Waals surface area contributed by atoms with Crippen LogP contribution in [0.2, 0.25) is 0 Å². The van der Waals surface area contributed by atoms with Gasteiger partial charge in [0.25, 0.3) is 0 Å². The van der Waals surface area contributed by atoms with E-state index in [1.807, 2.05) is 0 Å². The molecular weight excluding hydrogens is 439 g/mol. The molecule has 0 radical (unpaired) electrons. The zero-order valence-electron chi connectivity index (χ0n) is 16.2. The summed E-state index contributed by atoms with van der Waals surface area (Å²) in [7, 11) is 1.76. The number of nitrogens with zero attached hydrogens (tertiary/aromatic N) is 1. The van der Waals surface area contributed by atoms with E-state index < -0.39 is 0 Å². The first-order valence-electron chi connectivity index (χ1n) is 9.38. The van der Waals surface area contributed by atoms with Gasteiger partial charge < -0.3 is 16.0 Å². The lowest BCUT2D eigenvalue weighted by atomic mass is 9.89. The molecule has 1 aromatic carbocycles. The Kier molecular flexibility index (Phi) is 10.6. The Morgan fingerprint density at radius 2 is 1.77 bits per heavy atom. The van der Waals surface area contributed by atoms with Crippen LogP contribution in [0.4, 0.5) is 0 Å². The Bertz CT molecular complexity index is 597. The van der Waals surface area contributed by atoms with Gasteiger partial charge in [0.2, 0.25) is 5.91 Å². The lowest BCUT2D eigenvalue weighted by molar-refractivity contribution is -0.125.